The molecule has 0 bridgehead atoms. The van der Waals surface area contributed by atoms with Gasteiger partial charge in [-0.1, -0.05) is 12.1 Å². The summed E-state index contributed by atoms with van der Waals surface area (Å²) >= 11 is 0. The highest BCUT2D eigenvalue weighted by Gasteiger charge is 2.15. The summed E-state index contributed by atoms with van der Waals surface area (Å²) in [5.74, 6) is 0.500. The molecule has 7 nitrogen and oxygen atoms in total. The largest absolute Gasteiger partial charge is 0.336 e. The van der Waals surface area contributed by atoms with Crippen molar-refractivity contribution in [2.45, 2.75) is 13.0 Å². The van der Waals surface area contributed by atoms with E-state index in [-0.39, 0.29) is 17.9 Å². The first-order chi connectivity index (χ1) is 12.4. The number of halogens is 1. The monoisotopic (exact) mass is 356 g/mol. The fraction of sp³-hybridized carbons (Fsp3) is 0.278. The van der Waals surface area contributed by atoms with Gasteiger partial charge < -0.3 is 15.5 Å². The van der Waals surface area contributed by atoms with Crippen molar-refractivity contribution >= 4 is 17.4 Å². The van der Waals surface area contributed by atoms with Crippen molar-refractivity contribution < 1.29 is 9.18 Å². The lowest BCUT2D eigenvalue weighted by Crippen LogP contribution is -2.36. The van der Waals surface area contributed by atoms with Crippen molar-refractivity contribution in [3.05, 3.63) is 59.8 Å². The van der Waals surface area contributed by atoms with E-state index in [4.69, 9.17) is 0 Å². The predicted molar refractivity (Wildman–Crippen MR) is 97.6 cm³/mol. The van der Waals surface area contributed by atoms with Gasteiger partial charge in [0, 0.05) is 24.5 Å². The summed E-state index contributed by atoms with van der Waals surface area (Å²) in [6.07, 6.45) is 1.81. The summed E-state index contributed by atoms with van der Waals surface area (Å²) in [5.41, 5.74) is 2.22. The molecule has 0 aliphatic heterocycles. The Morgan fingerprint density at radius 2 is 1.96 bits per heavy atom. The second-order valence-electron chi connectivity index (χ2n) is 6.26. The number of nitrogens with zero attached hydrogens (tertiary/aromatic N) is 4. The number of rotatable bonds is 5. The number of hydrogen-bond donors (Lipinski definition) is 2. The zero-order valence-corrected chi connectivity index (χ0v) is 14.9. The average Bonchev–Trinajstić information content (AvgIpc) is 2.97. The van der Waals surface area contributed by atoms with Crippen molar-refractivity contribution in [1.29, 1.82) is 0 Å². The van der Waals surface area contributed by atoms with Crippen molar-refractivity contribution in [3.63, 3.8) is 0 Å². The van der Waals surface area contributed by atoms with Gasteiger partial charge >= 0.3 is 6.03 Å². The Hall–Kier alpha value is -3.00. The molecule has 2 heterocycles. The fourth-order valence-electron chi connectivity index (χ4n) is 2.74. The first kappa shape index (κ1) is 17.8. The van der Waals surface area contributed by atoms with E-state index in [1.807, 2.05) is 30.3 Å². The third-order valence-electron chi connectivity index (χ3n) is 4.17. The lowest BCUT2D eigenvalue weighted by Gasteiger charge is -2.25. The molecule has 136 valence electrons. The lowest BCUT2D eigenvalue weighted by molar-refractivity contribution is 0.243. The molecule has 0 saturated heterocycles. The van der Waals surface area contributed by atoms with Crippen molar-refractivity contribution in [2.24, 2.45) is 0 Å². The molecule has 0 aliphatic carbocycles. The SMILES string of the molecule is Cc1nnc2cc(NC(=O)NCC(c3ccc(F)cc3)N(C)C)ccn12. The number of aromatic nitrogens is 3. The highest BCUT2D eigenvalue weighted by Crippen LogP contribution is 2.18. The number of carbonyl (C=O) groups excluding carboxylic acids is 1. The quantitative estimate of drug-likeness (QED) is 0.737. The molecular formula is C18H21FN6O. The number of hydrogen-bond acceptors (Lipinski definition) is 4. The van der Waals surface area contributed by atoms with Crippen LogP contribution in [0.15, 0.2) is 42.6 Å². The summed E-state index contributed by atoms with van der Waals surface area (Å²) in [7, 11) is 3.82. The Morgan fingerprint density at radius 3 is 2.65 bits per heavy atom. The normalized spacial score (nSPS) is 12.3. The van der Waals surface area contributed by atoms with Crippen molar-refractivity contribution in [1.82, 2.24) is 24.8 Å². The first-order valence-electron chi connectivity index (χ1n) is 8.22. The van der Waals surface area contributed by atoms with Crippen LogP contribution in [0, 0.1) is 12.7 Å². The Bertz CT molecular complexity index is 906. The Morgan fingerprint density at radius 1 is 1.23 bits per heavy atom. The predicted octanol–water partition coefficient (Wildman–Crippen LogP) is 2.60. The van der Waals surface area contributed by atoms with Gasteiger partial charge in [0.25, 0.3) is 0 Å². The Labute approximate surface area is 150 Å². The molecule has 1 atom stereocenters. The lowest BCUT2D eigenvalue weighted by atomic mass is 10.1. The number of carbonyl (C=O) groups is 1. The molecule has 0 saturated carbocycles. The third-order valence-corrected chi connectivity index (χ3v) is 4.17. The van der Waals surface area contributed by atoms with Crippen LogP contribution in [0.1, 0.15) is 17.4 Å². The molecule has 3 rings (SSSR count). The van der Waals surface area contributed by atoms with Gasteiger partial charge in [-0.2, -0.15) is 0 Å². The molecule has 0 radical (unpaired) electrons. The summed E-state index contributed by atoms with van der Waals surface area (Å²) < 4.78 is 14.9. The first-order valence-corrected chi connectivity index (χ1v) is 8.22. The van der Waals surface area contributed by atoms with Crippen LogP contribution < -0.4 is 10.6 Å². The second-order valence-corrected chi connectivity index (χ2v) is 6.26. The number of benzene rings is 1. The number of urea groups is 1. The van der Waals surface area contributed by atoms with Crippen LogP contribution in [0.25, 0.3) is 5.65 Å². The van der Waals surface area contributed by atoms with E-state index in [0.717, 1.165) is 11.4 Å². The van der Waals surface area contributed by atoms with E-state index in [9.17, 15) is 9.18 Å². The smallest absolute Gasteiger partial charge is 0.319 e. The number of likely N-dealkylation sites (N-methyl/N-ethyl adjacent to an activating group) is 1. The topological polar surface area (TPSA) is 74.6 Å². The van der Waals surface area contributed by atoms with Crippen LogP contribution in [-0.2, 0) is 0 Å². The van der Waals surface area contributed by atoms with E-state index in [2.05, 4.69) is 20.8 Å². The second kappa shape index (κ2) is 7.49. The molecule has 1 unspecified atom stereocenters. The van der Waals surface area contributed by atoms with Gasteiger partial charge in [0.2, 0.25) is 0 Å². The zero-order valence-electron chi connectivity index (χ0n) is 14.9. The Balaban J connectivity index is 1.63. The minimum atomic E-state index is -0.320. The number of aryl methyl sites for hydroxylation is 1. The molecule has 8 heteroatoms. The van der Waals surface area contributed by atoms with Gasteiger partial charge in [-0.25, -0.2) is 9.18 Å². The molecule has 2 aromatic heterocycles. The molecular weight excluding hydrogens is 335 g/mol. The van der Waals surface area contributed by atoms with Crippen LogP contribution in [0.3, 0.4) is 0 Å². The maximum Gasteiger partial charge on any atom is 0.319 e. The average molecular weight is 356 g/mol. The van der Waals surface area contributed by atoms with E-state index in [1.54, 1.807) is 30.5 Å². The van der Waals surface area contributed by atoms with Crippen LogP contribution in [-0.4, -0.2) is 46.2 Å². The van der Waals surface area contributed by atoms with E-state index >= 15 is 0 Å². The minimum absolute atomic E-state index is 0.0667. The Kier molecular flexibility index (Phi) is 5.13. The van der Waals surface area contributed by atoms with Gasteiger partial charge in [-0.3, -0.25) is 4.40 Å². The van der Waals surface area contributed by atoms with Gasteiger partial charge in [0.1, 0.15) is 11.6 Å². The van der Waals surface area contributed by atoms with Gasteiger partial charge in [-0.05, 0) is 44.8 Å². The molecule has 26 heavy (non-hydrogen) atoms. The van der Waals surface area contributed by atoms with E-state index in [0.29, 0.717) is 17.9 Å². The molecule has 0 aliphatic rings. The number of pyridine rings is 1. The summed E-state index contributed by atoms with van der Waals surface area (Å²) in [5, 5.41) is 13.7. The number of amides is 2. The molecule has 1 aromatic carbocycles. The molecule has 2 N–H and O–H groups in total. The van der Waals surface area contributed by atoms with Gasteiger partial charge in [-0.15, -0.1) is 10.2 Å². The van der Waals surface area contributed by atoms with E-state index < -0.39 is 0 Å². The maximum absolute atomic E-state index is 13.1. The fourth-order valence-corrected chi connectivity index (χ4v) is 2.74. The van der Waals surface area contributed by atoms with Crippen LogP contribution in [0.4, 0.5) is 14.9 Å². The third kappa shape index (κ3) is 3.97. The molecule has 3 aromatic rings. The number of nitrogens with one attached hydrogen (secondary N) is 2. The summed E-state index contributed by atoms with van der Waals surface area (Å²) in [6, 6.07) is 9.43. The molecule has 2 amide bonds. The van der Waals surface area contributed by atoms with Gasteiger partial charge in [0.15, 0.2) is 5.65 Å². The summed E-state index contributed by atoms with van der Waals surface area (Å²) in [4.78, 5) is 14.2. The van der Waals surface area contributed by atoms with Crippen molar-refractivity contribution in [3.8, 4) is 0 Å². The highest BCUT2D eigenvalue weighted by atomic mass is 19.1. The zero-order chi connectivity index (χ0) is 18.7. The van der Waals surface area contributed by atoms with E-state index in [1.165, 1.54) is 12.1 Å². The molecule has 0 fully saturated rings. The summed E-state index contributed by atoms with van der Waals surface area (Å²) in [6.45, 7) is 2.24. The van der Waals surface area contributed by atoms with Crippen LogP contribution in [0.5, 0.6) is 0 Å². The number of anilines is 1. The maximum atomic E-state index is 13.1. The van der Waals surface area contributed by atoms with Crippen molar-refractivity contribution in [2.75, 3.05) is 26.0 Å². The van der Waals surface area contributed by atoms with Gasteiger partial charge in [0.05, 0.1) is 6.04 Å². The number of fused-ring (bicyclic) bond motifs is 1. The highest BCUT2D eigenvalue weighted by molar-refractivity contribution is 5.89. The standard InChI is InChI=1S/C18H21FN6O/c1-12-22-23-17-10-15(8-9-25(12)17)21-18(26)20-11-16(24(2)3)13-4-6-14(19)7-5-13/h4-10,16H,11H2,1-3H3,(H2,20,21,26). The molecule has 0 spiro atoms. The minimum Gasteiger partial charge on any atom is -0.336 e. The van der Waals surface area contributed by atoms with Crippen LogP contribution >= 0.6 is 0 Å². The van der Waals surface area contributed by atoms with Crippen LogP contribution in [0.2, 0.25) is 0 Å².